The van der Waals surface area contributed by atoms with E-state index in [1.165, 1.54) is 0 Å². The quantitative estimate of drug-likeness (QED) is 0.900. The molecule has 1 amide bonds. The summed E-state index contributed by atoms with van der Waals surface area (Å²) in [6.45, 7) is 6.90. The van der Waals surface area contributed by atoms with Gasteiger partial charge in [0, 0.05) is 29.9 Å². The van der Waals surface area contributed by atoms with Crippen LogP contribution >= 0.6 is 0 Å². The SMILES string of the molecule is COc1ccccc1[C@]1(O)CCCN(C(=O)c2cnc(C(C)(C)C)nc2)C1. The number of hydrogen-bond acceptors (Lipinski definition) is 5. The van der Waals surface area contributed by atoms with Gasteiger partial charge >= 0.3 is 0 Å². The summed E-state index contributed by atoms with van der Waals surface area (Å²) in [6.07, 6.45) is 4.44. The molecule has 0 radical (unpaired) electrons. The molecule has 2 aromatic rings. The summed E-state index contributed by atoms with van der Waals surface area (Å²) in [5, 5.41) is 11.3. The van der Waals surface area contributed by atoms with Crippen LogP contribution in [0.2, 0.25) is 0 Å². The maximum Gasteiger partial charge on any atom is 0.257 e. The molecule has 144 valence electrons. The monoisotopic (exact) mass is 369 g/mol. The molecule has 1 aromatic carbocycles. The minimum atomic E-state index is -1.13. The highest BCUT2D eigenvalue weighted by Gasteiger charge is 2.39. The predicted molar refractivity (Wildman–Crippen MR) is 103 cm³/mol. The van der Waals surface area contributed by atoms with E-state index in [0.717, 1.165) is 0 Å². The number of aromatic nitrogens is 2. The standard InChI is InChI=1S/C21H27N3O3/c1-20(2,3)19-22-12-15(13-23-19)18(25)24-11-7-10-21(26,14-24)16-8-5-6-9-17(16)27-4/h5-6,8-9,12-13,26H,7,10-11,14H2,1-4H3/t21-/m0/s1. The van der Waals surface area contributed by atoms with Crippen molar-refractivity contribution >= 4 is 5.91 Å². The van der Waals surface area contributed by atoms with E-state index >= 15 is 0 Å². The molecular formula is C21H27N3O3. The van der Waals surface area contributed by atoms with E-state index in [4.69, 9.17) is 4.74 Å². The summed E-state index contributed by atoms with van der Waals surface area (Å²) >= 11 is 0. The molecule has 0 aliphatic carbocycles. The minimum absolute atomic E-state index is 0.163. The number of rotatable bonds is 3. The van der Waals surface area contributed by atoms with Crippen molar-refractivity contribution in [3.63, 3.8) is 0 Å². The first-order chi connectivity index (χ1) is 12.7. The Morgan fingerprint density at radius 1 is 1.22 bits per heavy atom. The van der Waals surface area contributed by atoms with Crippen LogP contribution in [0, 0.1) is 0 Å². The van der Waals surface area contributed by atoms with Crippen molar-refractivity contribution in [2.24, 2.45) is 0 Å². The number of methoxy groups -OCH3 is 1. The molecule has 1 aromatic heterocycles. The van der Waals surface area contributed by atoms with Crippen molar-refractivity contribution in [2.45, 2.75) is 44.6 Å². The van der Waals surface area contributed by atoms with E-state index in [-0.39, 0.29) is 17.9 Å². The number of benzene rings is 1. The summed E-state index contributed by atoms with van der Waals surface area (Å²) < 4.78 is 5.41. The maximum absolute atomic E-state index is 12.9. The van der Waals surface area contributed by atoms with Gasteiger partial charge in [0.15, 0.2) is 0 Å². The zero-order valence-corrected chi connectivity index (χ0v) is 16.4. The van der Waals surface area contributed by atoms with Gasteiger partial charge in [-0.3, -0.25) is 4.79 Å². The van der Waals surface area contributed by atoms with Crippen LogP contribution in [0.1, 0.15) is 55.4 Å². The number of para-hydroxylation sites is 1. The Labute approximate surface area is 160 Å². The largest absolute Gasteiger partial charge is 0.496 e. The molecule has 6 nitrogen and oxygen atoms in total. The number of carbonyl (C=O) groups is 1. The van der Waals surface area contributed by atoms with Crippen LogP contribution in [-0.2, 0) is 11.0 Å². The first kappa shape index (κ1) is 19.3. The fraction of sp³-hybridized carbons (Fsp3) is 0.476. The van der Waals surface area contributed by atoms with Crippen LogP contribution < -0.4 is 4.74 Å². The topological polar surface area (TPSA) is 75.6 Å². The van der Waals surface area contributed by atoms with E-state index < -0.39 is 5.60 Å². The van der Waals surface area contributed by atoms with Crippen LogP contribution in [-0.4, -0.2) is 46.1 Å². The Morgan fingerprint density at radius 3 is 2.52 bits per heavy atom. The number of nitrogens with zero attached hydrogens (tertiary/aromatic N) is 3. The molecule has 1 atom stereocenters. The molecule has 2 heterocycles. The molecule has 6 heteroatoms. The third kappa shape index (κ3) is 3.95. The van der Waals surface area contributed by atoms with E-state index in [1.807, 2.05) is 45.0 Å². The first-order valence-electron chi connectivity index (χ1n) is 9.22. The van der Waals surface area contributed by atoms with Gasteiger partial charge in [0.2, 0.25) is 0 Å². The van der Waals surface area contributed by atoms with E-state index in [1.54, 1.807) is 24.4 Å². The van der Waals surface area contributed by atoms with Crippen molar-refractivity contribution in [1.29, 1.82) is 0 Å². The van der Waals surface area contributed by atoms with Crippen molar-refractivity contribution < 1.29 is 14.6 Å². The van der Waals surface area contributed by atoms with Crippen molar-refractivity contribution in [1.82, 2.24) is 14.9 Å². The minimum Gasteiger partial charge on any atom is -0.496 e. The first-order valence-corrected chi connectivity index (χ1v) is 9.22. The molecule has 27 heavy (non-hydrogen) atoms. The average Bonchev–Trinajstić information content (AvgIpc) is 2.67. The number of likely N-dealkylation sites (tertiary alicyclic amines) is 1. The van der Waals surface area contributed by atoms with Crippen LogP contribution in [0.15, 0.2) is 36.7 Å². The molecule has 1 aliphatic heterocycles. The second-order valence-electron chi connectivity index (χ2n) is 8.11. The molecule has 0 saturated carbocycles. The average molecular weight is 369 g/mol. The lowest BCUT2D eigenvalue weighted by Crippen LogP contribution is -2.48. The predicted octanol–water partition coefficient (Wildman–Crippen LogP) is 2.91. The number of β-amino-alcohol motifs (C(OH)–C–C–N with tert-alkyl or cyclic N) is 1. The number of amides is 1. The van der Waals surface area contributed by atoms with Gasteiger partial charge in [-0.25, -0.2) is 9.97 Å². The van der Waals surface area contributed by atoms with Crippen molar-refractivity contribution in [2.75, 3.05) is 20.2 Å². The normalized spacial score (nSPS) is 20.4. The van der Waals surface area contributed by atoms with E-state index in [9.17, 15) is 9.90 Å². The highest BCUT2D eigenvalue weighted by Crippen LogP contribution is 2.37. The number of aliphatic hydroxyl groups is 1. The smallest absolute Gasteiger partial charge is 0.257 e. The number of piperidine rings is 1. The van der Waals surface area contributed by atoms with Gasteiger partial charge in [0.1, 0.15) is 17.2 Å². The Kier molecular flexibility index (Phi) is 5.20. The van der Waals surface area contributed by atoms with Crippen molar-refractivity contribution in [3.8, 4) is 5.75 Å². The van der Waals surface area contributed by atoms with Gasteiger partial charge in [-0.05, 0) is 18.9 Å². The lowest BCUT2D eigenvalue weighted by molar-refractivity contribution is -0.0303. The van der Waals surface area contributed by atoms with Gasteiger partial charge in [-0.2, -0.15) is 0 Å². The Hall–Kier alpha value is -2.47. The fourth-order valence-electron chi connectivity index (χ4n) is 3.47. The number of hydrogen-bond donors (Lipinski definition) is 1. The van der Waals surface area contributed by atoms with E-state index in [0.29, 0.717) is 42.1 Å². The Morgan fingerprint density at radius 2 is 1.89 bits per heavy atom. The molecule has 1 N–H and O–H groups in total. The summed E-state index contributed by atoms with van der Waals surface area (Å²) in [5.74, 6) is 1.17. The summed E-state index contributed by atoms with van der Waals surface area (Å²) in [6, 6.07) is 7.42. The zero-order chi connectivity index (χ0) is 19.7. The molecule has 0 spiro atoms. The molecule has 0 unspecified atom stereocenters. The molecule has 3 rings (SSSR count). The number of ether oxygens (including phenoxy) is 1. The summed E-state index contributed by atoms with van der Waals surface area (Å²) in [5.41, 5.74) is -0.152. The summed E-state index contributed by atoms with van der Waals surface area (Å²) in [7, 11) is 1.59. The second-order valence-corrected chi connectivity index (χ2v) is 8.11. The molecule has 1 saturated heterocycles. The number of carbonyl (C=O) groups excluding carboxylic acids is 1. The Balaban J connectivity index is 1.82. The molecule has 0 bridgehead atoms. The van der Waals surface area contributed by atoms with Gasteiger partial charge in [0.25, 0.3) is 5.91 Å². The van der Waals surface area contributed by atoms with Gasteiger partial charge in [0.05, 0.1) is 19.2 Å². The fourth-order valence-corrected chi connectivity index (χ4v) is 3.47. The van der Waals surface area contributed by atoms with E-state index in [2.05, 4.69) is 9.97 Å². The van der Waals surface area contributed by atoms with Crippen LogP contribution in [0.25, 0.3) is 0 Å². The highest BCUT2D eigenvalue weighted by atomic mass is 16.5. The third-order valence-electron chi connectivity index (χ3n) is 4.94. The lowest BCUT2D eigenvalue weighted by Gasteiger charge is -2.40. The zero-order valence-electron chi connectivity index (χ0n) is 16.4. The Bertz CT molecular complexity index is 814. The van der Waals surface area contributed by atoms with Gasteiger partial charge in [-0.15, -0.1) is 0 Å². The van der Waals surface area contributed by atoms with Gasteiger partial charge < -0.3 is 14.7 Å². The molecule has 1 aliphatic rings. The lowest BCUT2D eigenvalue weighted by atomic mass is 9.85. The second kappa shape index (κ2) is 7.27. The molecule has 1 fully saturated rings. The van der Waals surface area contributed by atoms with Crippen molar-refractivity contribution in [3.05, 3.63) is 53.6 Å². The summed E-state index contributed by atoms with van der Waals surface area (Å²) in [4.78, 5) is 23.3. The highest BCUT2D eigenvalue weighted by molar-refractivity contribution is 5.93. The van der Waals surface area contributed by atoms with Crippen LogP contribution in [0.5, 0.6) is 5.75 Å². The van der Waals surface area contributed by atoms with Crippen LogP contribution in [0.3, 0.4) is 0 Å². The van der Waals surface area contributed by atoms with Crippen LogP contribution in [0.4, 0.5) is 0 Å². The third-order valence-corrected chi connectivity index (χ3v) is 4.94. The maximum atomic E-state index is 12.9. The molecular weight excluding hydrogens is 342 g/mol. The van der Waals surface area contributed by atoms with Gasteiger partial charge in [-0.1, -0.05) is 39.0 Å².